The number of allylic oxidation sites excluding steroid dienone is 1. The van der Waals surface area contributed by atoms with Crippen LogP contribution in [0.25, 0.3) is 0 Å². The minimum absolute atomic E-state index is 0.136. The Morgan fingerprint density at radius 1 is 1.58 bits per heavy atom. The smallest absolute Gasteiger partial charge is 0.131 e. The van der Waals surface area contributed by atoms with Gasteiger partial charge in [-0.2, -0.15) is 0 Å². The van der Waals surface area contributed by atoms with Crippen LogP contribution in [0.15, 0.2) is 11.8 Å². The largest absolute Gasteiger partial charge is 0.493 e. The molecule has 0 unspecified atom stereocenters. The van der Waals surface area contributed by atoms with Crippen molar-refractivity contribution in [2.75, 3.05) is 6.61 Å². The molecule has 1 atom stereocenters. The predicted octanol–water partition coefficient (Wildman–Crippen LogP) is 2.23. The highest BCUT2D eigenvalue weighted by atomic mass is 16.5. The molecule has 0 saturated carbocycles. The first-order valence-electron chi connectivity index (χ1n) is 4.73. The lowest BCUT2D eigenvalue weighted by molar-refractivity contribution is -0.0459. The molecule has 1 rings (SSSR count). The number of aliphatic hydroxyl groups is 1. The first-order chi connectivity index (χ1) is 5.76. The number of aliphatic hydroxyl groups excluding tert-OH is 1. The van der Waals surface area contributed by atoms with Gasteiger partial charge in [0.1, 0.15) is 5.60 Å². The third-order valence-corrected chi connectivity index (χ3v) is 2.76. The average Bonchev–Trinajstić information content (AvgIpc) is 2.18. The predicted molar refractivity (Wildman–Crippen MR) is 48.8 cm³/mol. The molecule has 2 heteroatoms. The summed E-state index contributed by atoms with van der Waals surface area (Å²) in [6.07, 6.45) is 5.82. The van der Waals surface area contributed by atoms with Crippen molar-refractivity contribution in [1.82, 2.24) is 0 Å². The van der Waals surface area contributed by atoms with Gasteiger partial charge in [-0.25, -0.2) is 0 Å². The van der Waals surface area contributed by atoms with E-state index in [4.69, 9.17) is 9.84 Å². The van der Waals surface area contributed by atoms with E-state index in [1.807, 2.05) is 6.26 Å². The zero-order valence-electron chi connectivity index (χ0n) is 7.97. The van der Waals surface area contributed by atoms with Gasteiger partial charge in [-0.15, -0.1) is 0 Å². The van der Waals surface area contributed by atoms with Gasteiger partial charge in [-0.3, -0.25) is 0 Å². The summed E-state index contributed by atoms with van der Waals surface area (Å²) in [6.45, 7) is 4.32. The van der Waals surface area contributed by atoms with Crippen molar-refractivity contribution in [2.45, 2.75) is 45.1 Å². The van der Waals surface area contributed by atoms with Crippen molar-refractivity contribution >= 4 is 0 Å². The molecular weight excluding hydrogens is 152 g/mol. The van der Waals surface area contributed by atoms with Gasteiger partial charge in [0.2, 0.25) is 0 Å². The third kappa shape index (κ3) is 1.81. The number of hydrogen-bond acceptors (Lipinski definition) is 2. The first-order valence-corrected chi connectivity index (χ1v) is 4.73. The molecular formula is C10H18O2. The van der Waals surface area contributed by atoms with E-state index in [0.29, 0.717) is 0 Å². The molecule has 0 fully saturated rings. The molecule has 2 nitrogen and oxygen atoms in total. The lowest BCUT2D eigenvalue weighted by Crippen LogP contribution is -2.36. The maximum Gasteiger partial charge on any atom is 0.131 e. The summed E-state index contributed by atoms with van der Waals surface area (Å²) in [4.78, 5) is 0. The van der Waals surface area contributed by atoms with Gasteiger partial charge < -0.3 is 9.84 Å². The van der Waals surface area contributed by atoms with E-state index < -0.39 is 0 Å². The molecule has 0 spiro atoms. The van der Waals surface area contributed by atoms with Gasteiger partial charge in [0.05, 0.1) is 12.9 Å². The summed E-state index contributed by atoms with van der Waals surface area (Å²) in [5, 5.41) is 9.15. The van der Waals surface area contributed by atoms with Gasteiger partial charge in [0, 0.05) is 0 Å². The van der Waals surface area contributed by atoms with Crippen LogP contribution in [0.2, 0.25) is 0 Å². The van der Waals surface area contributed by atoms with Crippen LogP contribution in [0.5, 0.6) is 0 Å². The van der Waals surface area contributed by atoms with E-state index in [1.54, 1.807) is 0 Å². The van der Waals surface area contributed by atoms with E-state index in [0.717, 1.165) is 25.7 Å². The summed E-state index contributed by atoms with van der Waals surface area (Å²) in [5.41, 5.74) is 1.08. The number of rotatable bonds is 3. The maximum atomic E-state index is 9.15. The minimum Gasteiger partial charge on any atom is -0.493 e. The lowest BCUT2D eigenvalue weighted by Gasteiger charge is -2.34. The Labute approximate surface area is 74.2 Å². The van der Waals surface area contributed by atoms with Crippen LogP contribution in [0.1, 0.15) is 39.5 Å². The van der Waals surface area contributed by atoms with E-state index in [2.05, 4.69) is 13.8 Å². The second-order valence-electron chi connectivity index (χ2n) is 3.44. The molecule has 0 aromatic carbocycles. The van der Waals surface area contributed by atoms with Gasteiger partial charge in [0.15, 0.2) is 0 Å². The maximum absolute atomic E-state index is 9.15. The minimum atomic E-state index is -0.279. The van der Waals surface area contributed by atoms with Gasteiger partial charge in [0.25, 0.3) is 0 Å². The molecule has 0 aromatic rings. The second kappa shape index (κ2) is 3.94. The van der Waals surface area contributed by atoms with E-state index in [9.17, 15) is 0 Å². The fraction of sp³-hybridized carbons (Fsp3) is 0.800. The van der Waals surface area contributed by atoms with Crippen LogP contribution in [-0.4, -0.2) is 17.3 Å². The molecule has 0 aromatic heterocycles. The standard InChI is InChI=1S/C10H18O2/c1-3-9-5-6-10(4-2,8-11)12-7-9/h7,11H,3-6,8H2,1-2H3/t10-/m0/s1. The van der Waals surface area contributed by atoms with E-state index >= 15 is 0 Å². The summed E-state index contributed by atoms with van der Waals surface area (Å²) in [5.74, 6) is 0. The molecule has 0 bridgehead atoms. The number of hydrogen-bond donors (Lipinski definition) is 1. The fourth-order valence-corrected chi connectivity index (χ4v) is 1.46. The quantitative estimate of drug-likeness (QED) is 0.703. The summed E-state index contributed by atoms with van der Waals surface area (Å²) >= 11 is 0. The molecule has 1 N–H and O–H groups in total. The highest BCUT2D eigenvalue weighted by Gasteiger charge is 2.30. The lowest BCUT2D eigenvalue weighted by atomic mass is 9.90. The first kappa shape index (κ1) is 9.59. The van der Waals surface area contributed by atoms with Gasteiger partial charge >= 0.3 is 0 Å². The molecule has 0 saturated heterocycles. The van der Waals surface area contributed by atoms with Crippen LogP contribution in [0.4, 0.5) is 0 Å². The molecule has 0 amide bonds. The van der Waals surface area contributed by atoms with Crippen molar-refractivity contribution in [3.8, 4) is 0 Å². The van der Waals surface area contributed by atoms with Crippen molar-refractivity contribution < 1.29 is 9.84 Å². The Hall–Kier alpha value is -0.500. The molecule has 1 aliphatic rings. The van der Waals surface area contributed by atoms with Crippen molar-refractivity contribution in [3.05, 3.63) is 11.8 Å². The normalized spacial score (nSPS) is 29.4. The Balaban J connectivity index is 2.59. The van der Waals surface area contributed by atoms with Crippen molar-refractivity contribution in [2.24, 2.45) is 0 Å². The van der Waals surface area contributed by atoms with Crippen LogP contribution in [0, 0.1) is 0 Å². The molecule has 1 heterocycles. The van der Waals surface area contributed by atoms with Crippen LogP contribution < -0.4 is 0 Å². The second-order valence-corrected chi connectivity index (χ2v) is 3.44. The van der Waals surface area contributed by atoms with Crippen molar-refractivity contribution in [3.63, 3.8) is 0 Å². The monoisotopic (exact) mass is 170 g/mol. The third-order valence-electron chi connectivity index (χ3n) is 2.76. The van der Waals surface area contributed by atoms with Crippen LogP contribution in [-0.2, 0) is 4.74 Å². The number of ether oxygens (including phenoxy) is 1. The highest BCUT2D eigenvalue weighted by Crippen LogP contribution is 2.30. The van der Waals surface area contributed by atoms with E-state index in [1.165, 1.54) is 5.57 Å². The topological polar surface area (TPSA) is 29.5 Å². The van der Waals surface area contributed by atoms with E-state index in [-0.39, 0.29) is 12.2 Å². The molecule has 70 valence electrons. The summed E-state index contributed by atoms with van der Waals surface area (Å²) < 4.78 is 5.56. The van der Waals surface area contributed by atoms with Crippen LogP contribution in [0.3, 0.4) is 0 Å². The van der Waals surface area contributed by atoms with Gasteiger partial charge in [-0.05, 0) is 31.3 Å². The van der Waals surface area contributed by atoms with Gasteiger partial charge in [-0.1, -0.05) is 13.8 Å². The summed E-state index contributed by atoms with van der Waals surface area (Å²) in [7, 11) is 0. The summed E-state index contributed by atoms with van der Waals surface area (Å²) in [6, 6.07) is 0. The van der Waals surface area contributed by atoms with Crippen LogP contribution >= 0.6 is 0 Å². The Bertz CT molecular complexity index is 169. The highest BCUT2D eigenvalue weighted by molar-refractivity contribution is 5.04. The SMILES string of the molecule is CCC1=CO[C@](CC)(CO)CC1. The zero-order chi connectivity index (χ0) is 9.03. The zero-order valence-corrected chi connectivity index (χ0v) is 7.97. The molecule has 1 aliphatic heterocycles. The Kier molecular flexibility index (Phi) is 3.15. The molecule has 12 heavy (non-hydrogen) atoms. The molecule has 0 radical (unpaired) electrons. The Morgan fingerprint density at radius 2 is 2.33 bits per heavy atom. The fourth-order valence-electron chi connectivity index (χ4n) is 1.46. The Morgan fingerprint density at radius 3 is 2.67 bits per heavy atom. The average molecular weight is 170 g/mol. The van der Waals surface area contributed by atoms with Crippen molar-refractivity contribution in [1.29, 1.82) is 0 Å². The molecule has 0 aliphatic carbocycles.